The molecular formula is C23H38O3. The first-order chi connectivity index (χ1) is 12.1. The van der Waals surface area contributed by atoms with Gasteiger partial charge in [-0.15, -0.1) is 0 Å². The summed E-state index contributed by atoms with van der Waals surface area (Å²) in [5, 5.41) is 9.27. The highest BCUT2D eigenvalue weighted by molar-refractivity contribution is 5.82. The molecule has 0 heterocycles. The van der Waals surface area contributed by atoms with Crippen LogP contribution in [0.5, 0.6) is 0 Å². The molecule has 0 aromatic carbocycles. The minimum Gasteiger partial charge on any atom is -0.481 e. The molecule has 3 fully saturated rings. The lowest BCUT2D eigenvalue weighted by atomic mass is 9.43. The van der Waals surface area contributed by atoms with Crippen LogP contribution >= 0.6 is 0 Å². The van der Waals surface area contributed by atoms with Crippen LogP contribution in [-0.4, -0.2) is 16.9 Å². The van der Waals surface area contributed by atoms with E-state index in [2.05, 4.69) is 27.7 Å². The molecule has 3 heteroatoms. The van der Waals surface area contributed by atoms with E-state index >= 15 is 0 Å². The summed E-state index contributed by atoms with van der Waals surface area (Å²) in [4.78, 5) is 24.2. The van der Waals surface area contributed by atoms with Crippen molar-refractivity contribution in [2.45, 2.75) is 86.0 Å². The standard InChI is InChI=1S/C23H38O3/c1-14(21(25)26)8-9-17-15(2)20(24)13-19-16-7-6-11-22(3,4)18(16)10-12-23(17,19)5/h14-19H,6-13H2,1-5H3,(H,25,26)/t14?,15-,16+,17-,18-,19-,23+/m1/s1. The number of hydrogen-bond acceptors (Lipinski definition) is 2. The van der Waals surface area contributed by atoms with Gasteiger partial charge in [0, 0.05) is 12.3 Å². The maximum absolute atomic E-state index is 12.9. The van der Waals surface area contributed by atoms with Crippen molar-refractivity contribution in [3.8, 4) is 0 Å². The lowest BCUT2D eigenvalue weighted by Crippen LogP contribution is -2.56. The van der Waals surface area contributed by atoms with E-state index in [4.69, 9.17) is 0 Å². The second-order valence-electron chi connectivity index (χ2n) is 10.7. The molecule has 0 saturated heterocycles. The molecular weight excluding hydrogens is 324 g/mol. The highest BCUT2D eigenvalue weighted by atomic mass is 16.4. The molecule has 0 bridgehead atoms. The van der Waals surface area contributed by atoms with E-state index in [0.29, 0.717) is 35.4 Å². The van der Waals surface area contributed by atoms with E-state index in [1.165, 1.54) is 32.1 Å². The van der Waals surface area contributed by atoms with E-state index in [1.807, 2.05) is 0 Å². The average molecular weight is 363 g/mol. The van der Waals surface area contributed by atoms with Crippen LogP contribution in [0.4, 0.5) is 0 Å². The normalized spacial score (nSPS) is 43.3. The van der Waals surface area contributed by atoms with Crippen LogP contribution in [0.25, 0.3) is 0 Å². The van der Waals surface area contributed by atoms with E-state index in [1.54, 1.807) is 6.92 Å². The van der Waals surface area contributed by atoms with Crippen LogP contribution in [-0.2, 0) is 9.59 Å². The van der Waals surface area contributed by atoms with Gasteiger partial charge in [-0.25, -0.2) is 0 Å². The van der Waals surface area contributed by atoms with Gasteiger partial charge >= 0.3 is 5.97 Å². The third kappa shape index (κ3) is 3.24. The zero-order valence-corrected chi connectivity index (χ0v) is 17.4. The van der Waals surface area contributed by atoms with Crippen molar-refractivity contribution in [3.05, 3.63) is 0 Å². The van der Waals surface area contributed by atoms with E-state index in [0.717, 1.165) is 18.8 Å². The second kappa shape index (κ2) is 6.95. The summed E-state index contributed by atoms with van der Waals surface area (Å²) in [7, 11) is 0. The van der Waals surface area contributed by atoms with Crippen LogP contribution in [0.3, 0.4) is 0 Å². The zero-order chi connectivity index (χ0) is 19.3. The van der Waals surface area contributed by atoms with Crippen LogP contribution < -0.4 is 0 Å². The number of carboxylic acid groups (broad SMARTS) is 1. The number of carbonyl (C=O) groups excluding carboxylic acids is 1. The third-order valence-corrected chi connectivity index (χ3v) is 8.95. The summed E-state index contributed by atoms with van der Waals surface area (Å²) in [6.45, 7) is 11.2. The Morgan fingerprint density at radius 2 is 1.88 bits per heavy atom. The van der Waals surface area contributed by atoms with Crippen molar-refractivity contribution < 1.29 is 14.7 Å². The van der Waals surface area contributed by atoms with Crippen molar-refractivity contribution in [3.63, 3.8) is 0 Å². The van der Waals surface area contributed by atoms with Gasteiger partial charge in [-0.3, -0.25) is 9.59 Å². The van der Waals surface area contributed by atoms with Gasteiger partial charge in [0.2, 0.25) is 0 Å². The first-order valence-corrected chi connectivity index (χ1v) is 10.8. The Labute approximate surface area is 159 Å². The fraction of sp³-hybridized carbons (Fsp3) is 0.913. The number of carboxylic acids is 1. The van der Waals surface area contributed by atoms with Crippen molar-refractivity contribution in [1.82, 2.24) is 0 Å². The topological polar surface area (TPSA) is 54.4 Å². The average Bonchev–Trinajstić information content (AvgIpc) is 2.55. The summed E-state index contributed by atoms with van der Waals surface area (Å²) < 4.78 is 0. The van der Waals surface area contributed by atoms with Crippen LogP contribution in [0.2, 0.25) is 0 Å². The Morgan fingerprint density at radius 3 is 2.54 bits per heavy atom. The molecule has 1 unspecified atom stereocenters. The van der Waals surface area contributed by atoms with Gasteiger partial charge in [0.15, 0.2) is 0 Å². The molecule has 26 heavy (non-hydrogen) atoms. The molecule has 3 saturated carbocycles. The first kappa shape index (κ1) is 19.9. The molecule has 0 amide bonds. The quantitative estimate of drug-likeness (QED) is 0.711. The van der Waals surface area contributed by atoms with Crippen molar-refractivity contribution in [2.75, 3.05) is 0 Å². The summed E-state index contributed by atoms with van der Waals surface area (Å²) >= 11 is 0. The first-order valence-electron chi connectivity index (χ1n) is 10.8. The lowest BCUT2D eigenvalue weighted by Gasteiger charge is -2.61. The van der Waals surface area contributed by atoms with Gasteiger partial charge in [-0.2, -0.15) is 0 Å². The number of hydrogen-bond donors (Lipinski definition) is 1. The zero-order valence-electron chi connectivity index (χ0n) is 17.4. The molecule has 148 valence electrons. The number of Topliss-reactive ketones (excluding diaryl/α,β-unsaturated/α-hetero) is 1. The van der Waals surface area contributed by atoms with E-state index in [-0.39, 0.29) is 17.3 Å². The number of ketones is 1. The molecule has 0 aromatic rings. The Balaban J connectivity index is 1.85. The summed E-state index contributed by atoms with van der Waals surface area (Å²) in [6, 6.07) is 0. The number of rotatable bonds is 4. The van der Waals surface area contributed by atoms with Crippen LogP contribution in [0, 0.1) is 46.3 Å². The summed E-state index contributed by atoms with van der Waals surface area (Å²) in [5.41, 5.74) is 0.615. The van der Waals surface area contributed by atoms with Crippen molar-refractivity contribution in [2.24, 2.45) is 46.3 Å². The maximum Gasteiger partial charge on any atom is 0.306 e. The van der Waals surface area contributed by atoms with E-state index in [9.17, 15) is 14.7 Å². The Hall–Kier alpha value is -0.860. The minimum atomic E-state index is -0.709. The minimum absolute atomic E-state index is 0.0883. The SMILES string of the molecule is CC(CC[C@@H]1[C@@H](C)C(=O)C[C@@H]2[C@H]3CCCC(C)(C)[C@@H]3CC[C@]21C)C(=O)O. The molecule has 3 rings (SSSR count). The number of fused-ring (bicyclic) bond motifs is 3. The monoisotopic (exact) mass is 362 g/mol. The summed E-state index contributed by atoms with van der Waals surface area (Å²) in [6.07, 6.45) is 8.75. The Morgan fingerprint density at radius 1 is 1.19 bits per heavy atom. The predicted molar refractivity (Wildman–Crippen MR) is 104 cm³/mol. The van der Waals surface area contributed by atoms with Crippen molar-refractivity contribution in [1.29, 1.82) is 0 Å². The molecule has 0 aliphatic heterocycles. The fourth-order valence-electron chi connectivity index (χ4n) is 7.16. The van der Waals surface area contributed by atoms with Gasteiger partial charge < -0.3 is 5.11 Å². The van der Waals surface area contributed by atoms with Crippen LogP contribution in [0.15, 0.2) is 0 Å². The third-order valence-electron chi connectivity index (χ3n) is 8.95. The molecule has 0 spiro atoms. The Bertz CT molecular complexity index is 566. The Kier molecular flexibility index (Phi) is 5.31. The van der Waals surface area contributed by atoms with Gasteiger partial charge in [0.1, 0.15) is 5.78 Å². The smallest absolute Gasteiger partial charge is 0.306 e. The molecule has 0 aromatic heterocycles. The number of carbonyl (C=O) groups is 2. The summed E-state index contributed by atoms with van der Waals surface area (Å²) in [5.74, 6) is 1.80. The van der Waals surface area contributed by atoms with Gasteiger partial charge in [0.05, 0.1) is 5.92 Å². The fourth-order valence-corrected chi connectivity index (χ4v) is 7.16. The lowest BCUT2D eigenvalue weighted by molar-refractivity contribution is -0.155. The largest absolute Gasteiger partial charge is 0.481 e. The molecule has 0 radical (unpaired) electrons. The molecule has 7 atom stereocenters. The van der Waals surface area contributed by atoms with E-state index < -0.39 is 5.97 Å². The molecule has 3 aliphatic rings. The number of aliphatic carboxylic acids is 1. The van der Waals surface area contributed by atoms with Gasteiger partial charge in [-0.05, 0) is 73.0 Å². The molecule has 3 aliphatic carbocycles. The van der Waals surface area contributed by atoms with Crippen LogP contribution in [0.1, 0.15) is 86.0 Å². The van der Waals surface area contributed by atoms with Gasteiger partial charge in [0.25, 0.3) is 0 Å². The van der Waals surface area contributed by atoms with Gasteiger partial charge in [-0.1, -0.05) is 41.0 Å². The molecule has 3 nitrogen and oxygen atoms in total. The highest BCUT2D eigenvalue weighted by Gasteiger charge is 2.58. The van der Waals surface area contributed by atoms with Crippen molar-refractivity contribution >= 4 is 11.8 Å². The second-order valence-corrected chi connectivity index (χ2v) is 10.7. The predicted octanol–water partition coefficient (Wildman–Crippen LogP) is 5.57. The highest BCUT2D eigenvalue weighted by Crippen LogP contribution is 2.64. The maximum atomic E-state index is 12.9. The molecule has 1 N–H and O–H groups in total.